The first-order valence-electron chi connectivity index (χ1n) is 12.6. The van der Waals surface area contributed by atoms with Gasteiger partial charge in [-0.15, -0.1) is 0 Å². The Balaban J connectivity index is 1.35. The van der Waals surface area contributed by atoms with E-state index in [1.807, 2.05) is 0 Å². The number of aliphatic hydroxyl groups excluding tert-OH is 6. The van der Waals surface area contributed by atoms with Gasteiger partial charge in [0.25, 0.3) is 0 Å². The third-order valence-corrected chi connectivity index (χ3v) is 7.12. The van der Waals surface area contributed by atoms with Crippen molar-refractivity contribution in [2.45, 2.75) is 75.3 Å². The number of ether oxygens (including phenoxy) is 4. The number of aliphatic hydroxyl groups is 6. The number of hydrogen-bond acceptors (Lipinski definition) is 13. The van der Waals surface area contributed by atoms with Crippen LogP contribution in [0.2, 0.25) is 0 Å². The molecule has 0 radical (unpaired) electrons. The van der Waals surface area contributed by atoms with E-state index in [-0.39, 0.29) is 28.0 Å². The summed E-state index contributed by atoms with van der Waals surface area (Å²) in [5.74, 6) is -0.209. The Morgan fingerprint density at radius 1 is 0.700 bits per heavy atom. The topological polar surface area (TPSA) is 209 Å². The van der Waals surface area contributed by atoms with E-state index in [0.29, 0.717) is 5.56 Å². The molecule has 1 aromatic heterocycles. The van der Waals surface area contributed by atoms with E-state index < -0.39 is 72.6 Å². The van der Waals surface area contributed by atoms with E-state index in [4.69, 9.17) is 23.4 Å². The van der Waals surface area contributed by atoms with Crippen molar-refractivity contribution in [1.82, 2.24) is 0 Å². The summed E-state index contributed by atoms with van der Waals surface area (Å²) in [4.78, 5) is 13.3. The molecule has 216 valence electrons. The maximum Gasteiger partial charge on any atom is 0.229 e. The lowest BCUT2D eigenvalue weighted by molar-refractivity contribution is -0.268. The van der Waals surface area contributed by atoms with Crippen LogP contribution < -0.4 is 14.9 Å². The van der Waals surface area contributed by atoms with Crippen molar-refractivity contribution in [3.63, 3.8) is 0 Å². The van der Waals surface area contributed by atoms with Crippen molar-refractivity contribution in [2.24, 2.45) is 0 Å². The Hall–Kier alpha value is -3.27. The second kappa shape index (κ2) is 11.0. The lowest BCUT2D eigenvalue weighted by Gasteiger charge is -2.38. The van der Waals surface area contributed by atoms with Crippen LogP contribution in [0.1, 0.15) is 13.8 Å². The zero-order valence-corrected chi connectivity index (χ0v) is 21.4. The predicted octanol–water partition coefficient (Wildman–Crippen LogP) is -0.422. The van der Waals surface area contributed by atoms with Gasteiger partial charge in [0.05, 0.1) is 17.8 Å². The van der Waals surface area contributed by atoms with Crippen LogP contribution in [0, 0.1) is 0 Å². The van der Waals surface area contributed by atoms with Gasteiger partial charge in [-0.3, -0.25) is 4.79 Å². The first kappa shape index (κ1) is 28.3. The minimum atomic E-state index is -1.57. The summed E-state index contributed by atoms with van der Waals surface area (Å²) in [5, 5.41) is 70.5. The van der Waals surface area contributed by atoms with Gasteiger partial charge in [0.1, 0.15) is 71.1 Å². The zero-order chi connectivity index (χ0) is 28.9. The molecule has 10 atom stereocenters. The molecule has 0 spiro atoms. The largest absolute Gasteiger partial charge is 0.507 e. The smallest absolute Gasteiger partial charge is 0.229 e. The number of phenols is 1. The maximum absolute atomic E-state index is 13.3. The monoisotopic (exact) mass is 562 g/mol. The fourth-order valence-electron chi connectivity index (χ4n) is 4.68. The van der Waals surface area contributed by atoms with Gasteiger partial charge in [0, 0.05) is 12.1 Å². The second-order valence-electron chi connectivity index (χ2n) is 9.92. The predicted molar refractivity (Wildman–Crippen MR) is 136 cm³/mol. The highest BCUT2D eigenvalue weighted by Gasteiger charge is 2.44. The Labute approximate surface area is 227 Å². The number of aromatic hydroxyl groups is 1. The van der Waals surface area contributed by atoms with Crippen molar-refractivity contribution in [2.75, 3.05) is 0 Å². The molecule has 7 N–H and O–H groups in total. The Morgan fingerprint density at radius 3 is 1.77 bits per heavy atom. The molecule has 2 aromatic carbocycles. The molecule has 0 amide bonds. The van der Waals surface area contributed by atoms with E-state index >= 15 is 0 Å². The summed E-state index contributed by atoms with van der Waals surface area (Å²) < 4.78 is 27.6. The summed E-state index contributed by atoms with van der Waals surface area (Å²) in [6, 6.07) is 8.58. The normalized spacial score (nSPS) is 34.5. The minimum absolute atomic E-state index is 0.0127. The quantitative estimate of drug-likeness (QED) is 0.211. The lowest BCUT2D eigenvalue weighted by Crippen LogP contribution is -2.58. The van der Waals surface area contributed by atoms with Gasteiger partial charge < -0.3 is 59.1 Å². The van der Waals surface area contributed by atoms with E-state index in [2.05, 4.69) is 0 Å². The first-order chi connectivity index (χ1) is 19.0. The Morgan fingerprint density at radius 2 is 1.23 bits per heavy atom. The number of benzene rings is 2. The minimum Gasteiger partial charge on any atom is -0.507 e. The molecular weight excluding hydrogens is 532 g/mol. The van der Waals surface area contributed by atoms with Gasteiger partial charge in [-0.1, -0.05) is 12.1 Å². The molecule has 40 heavy (non-hydrogen) atoms. The summed E-state index contributed by atoms with van der Waals surface area (Å²) in [6.45, 7) is 3.03. The van der Waals surface area contributed by atoms with Crippen molar-refractivity contribution in [1.29, 1.82) is 0 Å². The zero-order valence-electron chi connectivity index (χ0n) is 21.4. The van der Waals surface area contributed by atoms with Crippen LogP contribution in [0.4, 0.5) is 0 Å². The van der Waals surface area contributed by atoms with Crippen LogP contribution in [-0.2, 0) is 9.47 Å². The molecule has 13 nitrogen and oxygen atoms in total. The fourth-order valence-corrected chi connectivity index (χ4v) is 4.68. The fraction of sp³-hybridized carbons (Fsp3) is 0.444. The van der Waals surface area contributed by atoms with E-state index in [9.17, 15) is 40.5 Å². The first-order valence-corrected chi connectivity index (χ1v) is 12.6. The molecule has 2 aliphatic heterocycles. The van der Waals surface area contributed by atoms with Gasteiger partial charge in [0.15, 0.2) is 0 Å². The average molecular weight is 563 g/mol. The third kappa shape index (κ3) is 5.13. The van der Waals surface area contributed by atoms with E-state index in [1.165, 1.54) is 38.3 Å². The number of fused-ring (bicyclic) bond motifs is 1. The molecule has 0 saturated carbocycles. The van der Waals surface area contributed by atoms with Crippen LogP contribution in [0.25, 0.3) is 22.1 Å². The van der Waals surface area contributed by atoms with Crippen molar-refractivity contribution in [3.05, 3.63) is 52.9 Å². The van der Waals surface area contributed by atoms with Gasteiger partial charge in [0.2, 0.25) is 18.0 Å². The SMILES string of the molecule is CC1O[C@@H](Oc2ccc(-c3coc4cc(O[C@@H]5OC(C)[C@@H](O)C(O)C5O)cc(O)c4c3=O)cc2)C(O)C(O)[C@@H]1O. The van der Waals surface area contributed by atoms with Crippen LogP contribution >= 0.6 is 0 Å². The molecule has 13 heteroatoms. The average Bonchev–Trinajstić information content (AvgIpc) is 2.93. The standard InChI is InChI=1S/C27H30O13/c1-10-19(29)22(32)24(34)26(37-10)39-13-5-3-12(4-6-13)15-9-36-17-8-14(7-16(28)18(17)21(15)31)40-27-25(35)23(33)20(30)11(2)38-27/h3-11,19-20,22-30,32-35H,1-2H3/t10?,11?,19-,20-,22?,23?,24?,25?,26+,27+/m1/s1. The van der Waals surface area contributed by atoms with E-state index in [1.54, 1.807) is 12.1 Å². The van der Waals surface area contributed by atoms with Gasteiger partial charge in [-0.2, -0.15) is 0 Å². The highest BCUT2D eigenvalue weighted by atomic mass is 16.7. The molecule has 3 heterocycles. The highest BCUT2D eigenvalue weighted by molar-refractivity contribution is 5.88. The lowest BCUT2D eigenvalue weighted by atomic mass is 10.00. The molecular formula is C27H30O13. The summed E-state index contributed by atoms with van der Waals surface area (Å²) in [6.07, 6.45) is -11.6. The van der Waals surface area contributed by atoms with Gasteiger partial charge in [-0.05, 0) is 31.5 Å². The van der Waals surface area contributed by atoms with Gasteiger partial charge in [-0.25, -0.2) is 0 Å². The summed E-state index contributed by atoms with van der Waals surface area (Å²) in [7, 11) is 0. The maximum atomic E-state index is 13.3. The number of rotatable bonds is 5. The molecule has 6 unspecified atom stereocenters. The Bertz CT molecular complexity index is 1410. The van der Waals surface area contributed by atoms with Crippen molar-refractivity contribution < 1.29 is 59.1 Å². The van der Waals surface area contributed by atoms with Crippen LogP contribution in [0.15, 0.2) is 51.9 Å². The molecule has 5 rings (SSSR count). The van der Waals surface area contributed by atoms with E-state index in [0.717, 1.165) is 6.07 Å². The van der Waals surface area contributed by atoms with Crippen LogP contribution in [-0.4, -0.2) is 97.2 Å². The van der Waals surface area contributed by atoms with Gasteiger partial charge >= 0.3 is 0 Å². The van der Waals surface area contributed by atoms with Crippen LogP contribution in [0.3, 0.4) is 0 Å². The van der Waals surface area contributed by atoms with Crippen molar-refractivity contribution >= 4 is 11.0 Å². The number of phenolic OH excluding ortho intramolecular Hbond substituents is 1. The Kier molecular flexibility index (Phi) is 7.74. The van der Waals surface area contributed by atoms with Crippen molar-refractivity contribution in [3.8, 4) is 28.4 Å². The molecule has 2 aliphatic rings. The molecule has 0 aliphatic carbocycles. The molecule has 2 fully saturated rings. The number of hydrogen-bond donors (Lipinski definition) is 7. The summed E-state index contributed by atoms with van der Waals surface area (Å²) >= 11 is 0. The summed E-state index contributed by atoms with van der Waals surface area (Å²) in [5.41, 5.74) is -0.00368. The molecule has 0 bridgehead atoms. The second-order valence-corrected chi connectivity index (χ2v) is 9.92. The highest BCUT2D eigenvalue weighted by Crippen LogP contribution is 2.33. The molecule has 2 saturated heterocycles. The third-order valence-electron chi connectivity index (χ3n) is 7.12. The van der Waals surface area contributed by atoms with Crippen LogP contribution in [0.5, 0.6) is 17.2 Å². The molecule has 3 aromatic rings.